The van der Waals surface area contributed by atoms with Gasteiger partial charge in [0, 0.05) is 35.5 Å². The van der Waals surface area contributed by atoms with E-state index in [0.717, 1.165) is 34.1 Å². The van der Waals surface area contributed by atoms with Gasteiger partial charge in [0.2, 0.25) is 5.91 Å². The van der Waals surface area contributed by atoms with E-state index in [4.69, 9.17) is 4.74 Å². The van der Waals surface area contributed by atoms with Crippen molar-refractivity contribution in [3.63, 3.8) is 0 Å². The van der Waals surface area contributed by atoms with Gasteiger partial charge in [0.15, 0.2) is 5.60 Å². The van der Waals surface area contributed by atoms with Gasteiger partial charge in [-0.3, -0.25) is 9.59 Å². The summed E-state index contributed by atoms with van der Waals surface area (Å²) in [6.07, 6.45) is 1.09. The highest BCUT2D eigenvalue weighted by Gasteiger charge is 2.66. The van der Waals surface area contributed by atoms with Gasteiger partial charge in [0.1, 0.15) is 0 Å². The Morgan fingerprint density at radius 3 is 2.69 bits per heavy atom. The maximum absolute atomic E-state index is 13.7. The van der Waals surface area contributed by atoms with Gasteiger partial charge in [-0.05, 0) is 61.2 Å². The number of likely N-dealkylation sites (tertiary alicyclic amines) is 1. The maximum Gasteiger partial charge on any atom is 0.264 e. The average molecular weight is 509 g/mol. The third kappa shape index (κ3) is 3.42. The number of ether oxygens (including phenoxy) is 1. The SMILES string of the molecule is Cc1cc(Br)c2c(c1)[C@]1(O[C@@H](CC(=O)N3CCC[C@H]3CO)[C@H](C(C)(C)O)[C@H]1C)C(=O)N2C. The highest BCUT2D eigenvalue weighted by molar-refractivity contribution is 9.10. The predicted molar refractivity (Wildman–Crippen MR) is 124 cm³/mol. The first-order valence-electron chi connectivity index (χ1n) is 11.3. The molecule has 5 atom stereocenters. The van der Waals surface area contributed by atoms with Gasteiger partial charge in [0.05, 0.1) is 36.5 Å². The normalized spacial score (nSPS) is 32.3. The Morgan fingerprint density at radius 1 is 1.38 bits per heavy atom. The summed E-state index contributed by atoms with van der Waals surface area (Å²) in [5.41, 5.74) is 0.140. The lowest BCUT2D eigenvalue weighted by Gasteiger charge is -2.34. The minimum Gasteiger partial charge on any atom is -0.394 e. The van der Waals surface area contributed by atoms with Crippen molar-refractivity contribution >= 4 is 33.4 Å². The molecule has 0 radical (unpaired) electrons. The van der Waals surface area contributed by atoms with E-state index in [9.17, 15) is 19.8 Å². The van der Waals surface area contributed by atoms with Gasteiger partial charge in [-0.1, -0.05) is 13.0 Å². The molecule has 1 spiro atoms. The van der Waals surface area contributed by atoms with Crippen molar-refractivity contribution in [2.45, 2.75) is 70.3 Å². The summed E-state index contributed by atoms with van der Waals surface area (Å²) in [5.74, 6) is -1.05. The van der Waals surface area contributed by atoms with Gasteiger partial charge in [-0.25, -0.2) is 0 Å². The van der Waals surface area contributed by atoms with Crippen molar-refractivity contribution in [2.24, 2.45) is 11.8 Å². The topological polar surface area (TPSA) is 90.3 Å². The van der Waals surface area contributed by atoms with Gasteiger partial charge < -0.3 is 24.7 Å². The van der Waals surface area contributed by atoms with Gasteiger partial charge >= 0.3 is 0 Å². The number of anilines is 1. The Morgan fingerprint density at radius 2 is 2.06 bits per heavy atom. The summed E-state index contributed by atoms with van der Waals surface area (Å²) in [4.78, 5) is 30.2. The van der Waals surface area contributed by atoms with Crippen LogP contribution in [0.3, 0.4) is 0 Å². The smallest absolute Gasteiger partial charge is 0.264 e. The second-order valence-electron chi connectivity index (χ2n) is 10.1. The number of carbonyl (C=O) groups excluding carboxylic acids is 2. The summed E-state index contributed by atoms with van der Waals surface area (Å²) < 4.78 is 7.42. The number of aliphatic hydroxyl groups is 2. The van der Waals surface area contributed by atoms with E-state index in [1.165, 1.54) is 0 Å². The molecule has 3 aliphatic rings. The fraction of sp³-hybridized carbons (Fsp3) is 0.667. The summed E-state index contributed by atoms with van der Waals surface area (Å²) in [6, 6.07) is 3.78. The molecule has 7 nitrogen and oxygen atoms in total. The molecule has 0 aromatic heterocycles. The largest absolute Gasteiger partial charge is 0.394 e. The standard InChI is InChI=1S/C24H33BrN2O5/c1-13-9-16-21(17(25)10-13)26(5)22(30)24(16)14(2)20(23(3,4)31)18(32-24)11-19(29)27-8-6-7-15(27)12-28/h9-10,14-15,18,20,28,31H,6-8,11-12H2,1-5H3/t14-,15+,18+,20-,24+/m1/s1. The zero-order chi connectivity index (χ0) is 23.6. The Balaban J connectivity index is 1.75. The molecule has 32 heavy (non-hydrogen) atoms. The fourth-order valence-corrected chi connectivity index (χ4v) is 7.09. The van der Waals surface area contributed by atoms with Crippen LogP contribution in [0.25, 0.3) is 0 Å². The number of aliphatic hydroxyl groups excluding tert-OH is 1. The highest BCUT2D eigenvalue weighted by atomic mass is 79.9. The minimum absolute atomic E-state index is 0.0590. The molecule has 3 aliphatic heterocycles. The van der Waals surface area contributed by atoms with Crippen molar-refractivity contribution in [3.8, 4) is 0 Å². The van der Waals surface area contributed by atoms with Crippen molar-refractivity contribution in [1.29, 1.82) is 0 Å². The number of fused-ring (bicyclic) bond motifs is 2. The number of amides is 2. The van der Waals surface area contributed by atoms with E-state index in [1.54, 1.807) is 30.7 Å². The predicted octanol–water partition coefficient (Wildman–Crippen LogP) is 2.72. The number of likely N-dealkylation sites (N-methyl/N-ethyl adjacent to an activating group) is 1. The fourth-order valence-electron chi connectivity index (χ4n) is 6.25. The number of hydrogen-bond acceptors (Lipinski definition) is 5. The van der Waals surface area contributed by atoms with Crippen molar-refractivity contribution < 1.29 is 24.5 Å². The molecule has 2 saturated heterocycles. The molecule has 2 amide bonds. The van der Waals surface area contributed by atoms with Crippen molar-refractivity contribution in [1.82, 2.24) is 4.90 Å². The quantitative estimate of drug-likeness (QED) is 0.652. The summed E-state index contributed by atoms with van der Waals surface area (Å²) >= 11 is 3.60. The second kappa shape index (κ2) is 8.08. The number of benzene rings is 1. The van der Waals surface area contributed by atoms with E-state index in [1.807, 2.05) is 26.0 Å². The second-order valence-corrected chi connectivity index (χ2v) is 11.0. The highest BCUT2D eigenvalue weighted by Crippen LogP contribution is 2.58. The van der Waals surface area contributed by atoms with E-state index >= 15 is 0 Å². The molecule has 176 valence electrons. The van der Waals surface area contributed by atoms with Crippen LogP contribution in [-0.4, -0.2) is 64.9 Å². The third-order valence-corrected chi connectivity index (χ3v) is 8.19. The van der Waals surface area contributed by atoms with Gasteiger partial charge in [-0.15, -0.1) is 0 Å². The number of halogens is 1. The van der Waals surface area contributed by atoms with Gasteiger partial charge in [0.25, 0.3) is 5.91 Å². The van der Waals surface area contributed by atoms with Crippen LogP contribution >= 0.6 is 15.9 Å². The zero-order valence-corrected chi connectivity index (χ0v) is 21.0. The van der Waals surface area contributed by atoms with Crippen LogP contribution in [0.15, 0.2) is 16.6 Å². The first-order valence-corrected chi connectivity index (χ1v) is 12.1. The number of nitrogens with zero attached hydrogens (tertiary/aromatic N) is 2. The number of carbonyl (C=O) groups is 2. The van der Waals surface area contributed by atoms with Crippen molar-refractivity contribution in [3.05, 3.63) is 27.7 Å². The zero-order valence-electron chi connectivity index (χ0n) is 19.4. The Bertz CT molecular complexity index is 945. The number of hydrogen-bond donors (Lipinski definition) is 2. The first-order chi connectivity index (χ1) is 14.9. The van der Waals surface area contributed by atoms with E-state index in [2.05, 4.69) is 15.9 Å². The van der Waals surface area contributed by atoms with Crippen LogP contribution in [-0.2, 0) is 19.9 Å². The monoisotopic (exact) mass is 508 g/mol. The molecule has 8 heteroatoms. The molecule has 0 saturated carbocycles. The van der Waals surface area contributed by atoms with E-state index < -0.39 is 23.2 Å². The Labute approximate surface area is 197 Å². The molecule has 2 N–H and O–H groups in total. The summed E-state index contributed by atoms with van der Waals surface area (Å²) in [7, 11) is 1.74. The first kappa shape index (κ1) is 23.7. The molecule has 0 bridgehead atoms. The third-order valence-electron chi connectivity index (χ3n) is 7.58. The summed E-state index contributed by atoms with van der Waals surface area (Å²) in [5, 5.41) is 20.8. The molecular weight excluding hydrogens is 476 g/mol. The van der Waals surface area contributed by atoms with Gasteiger partial charge in [-0.2, -0.15) is 0 Å². The lowest BCUT2D eigenvalue weighted by Crippen LogP contribution is -2.46. The Hall–Kier alpha value is -1.48. The molecule has 1 aromatic rings. The molecule has 3 heterocycles. The van der Waals surface area contributed by atoms with Crippen molar-refractivity contribution in [2.75, 3.05) is 25.1 Å². The Kier molecular flexibility index (Phi) is 5.98. The molecule has 4 rings (SSSR count). The summed E-state index contributed by atoms with van der Waals surface area (Å²) in [6.45, 7) is 7.90. The lowest BCUT2D eigenvalue weighted by molar-refractivity contribution is -0.150. The number of rotatable bonds is 4. The van der Waals surface area contributed by atoms with Crippen LogP contribution in [0.2, 0.25) is 0 Å². The minimum atomic E-state index is -1.25. The number of aryl methyl sites for hydroxylation is 1. The molecular formula is C24H33BrN2O5. The molecule has 2 fully saturated rings. The van der Waals surface area contributed by atoms with Crippen LogP contribution in [0, 0.1) is 18.8 Å². The van der Waals surface area contributed by atoms with Crippen LogP contribution in [0.1, 0.15) is 51.2 Å². The van der Waals surface area contributed by atoms with Crippen LogP contribution in [0.4, 0.5) is 5.69 Å². The molecule has 0 aliphatic carbocycles. The lowest BCUT2D eigenvalue weighted by atomic mass is 9.70. The van der Waals surface area contributed by atoms with E-state index in [0.29, 0.717) is 6.54 Å². The average Bonchev–Trinajstić information content (AvgIpc) is 3.33. The molecule has 0 unspecified atom stereocenters. The van der Waals surface area contributed by atoms with Crippen LogP contribution in [0.5, 0.6) is 0 Å². The van der Waals surface area contributed by atoms with E-state index in [-0.39, 0.29) is 36.8 Å². The maximum atomic E-state index is 13.7. The molecule has 1 aromatic carbocycles. The van der Waals surface area contributed by atoms with Crippen LogP contribution < -0.4 is 4.90 Å².